The number of nitrogens with zero attached hydrogens (tertiary/aromatic N) is 3. The lowest BCUT2D eigenvalue weighted by Crippen LogP contribution is -2.10. The van der Waals surface area contributed by atoms with Crippen molar-refractivity contribution < 1.29 is 4.74 Å². The molecule has 0 unspecified atom stereocenters. The van der Waals surface area contributed by atoms with Crippen LogP contribution in [-0.4, -0.2) is 27.7 Å². The molecule has 5 nitrogen and oxygen atoms in total. The molecule has 0 radical (unpaired) electrons. The van der Waals surface area contributed by atoms with Crippen molar-refractivity contribution in [1.29, 1.82) is 0 Å². The molecule has 3 aromatic rings. The summed E-state index contributed by atoms with van der Waals surface area (Å²) in [4.78, 5) is 8.84. The summed E-state index contributed by atoms with van der Waals surface area (Å²) in [7, 11) is 0. The number of ether oxygens (including phenoxy) is 1. The highest BCUT2D eigenvalue weighted by molar-refractivity contribution is 6.02. The Labute approximate surface area is 122 Å². The fourth-order valence-corrected chi connectivity index (χ4v) is 2.70. The molecule has 1 aliphatic rings. The van der Waals surface area contributed by atoms with Gasteiger partial charge in [0.05, 0.1) is 23.8 Å². The zero-order valence-electron chi connectivity index (χ0n) is 11.8. The smallest absolute Gasteiger partial charge is 0.201 e. The van der Waals surface area contributed by atoms with Crippen LogP contribution in [0.2, 0.25) is 0 Å². The number of para-hydroxylation sites is 1. The lowest BCUT2D eigenvalue weighted by Gasteiger charge is -2.08. The Kier molecular flexibility index (Phi) is 3.00. The van der Waals surface area contributed by atoms with E-state index < -0.39 is 0 Å². The Morgan fingerprint density at radius 2 is 2.10 bits per heavy atom. The van der Waals surface area contributed by atoms with Crippen molar-refractivity contribution in [2.75, 3.05) is 18.9 Å². The number of anilines is 1. The topological polar surface area (TPSA) is 66.0 Å². The maximum atomic E-state index is 6.07. The third-order valence-electron chi connectivity index (χ3n) is 4.02. The van der Waals surface area contributed by atoms with Crippen molar-refractivity contribution in [3.8, 4) is 0 Å². The molecule has 5 heteroatoms. The predicted molar refractivity (Wildman–Crippen MR) is 83.0 cm³/mol. The summed E-state index contributed by atoms with van der Waals surface area (Å²) in [5.74, 6) is 1.31. The van der Waals surface area contributed by atoms with E-state index in [4.69, 9.17) is 10.5 Å². The van der Waals surface area contributed by atoms with E-state index in [1.807, 2.05) is 22.8 Å². The fraction of sp³-hybridized carbons (Fsp3) is 0.375. The van der Waals surface area contributed by atoms with Gasteiger partial charge >= 0.3 is 0 Å². The first-order chi connectivity index (χ1) is 10.3. The Bertz CT molecular complexity index is 791. The van der Waals surface area contributed by atoms with Crippen LogP contribution in [0.1, 0.15) is 12.8 Å². The summed E-state index contributed by atoms with van der Waals surface area (Å²) in [5, 5.41) is 1.08. The second-order valence-corrected chi connectivity index (χ2v) is 5.65. The first kappa shape index (κ1) is 12.6. The van der Waals surface area contributed by atoms with Crippen LogP contribution in [0.5, 0.6) is 0 Å². The van der Waals surface area contributed by atoms with Gasteiger partial charge in [-0.3, -0.25) is 4.98 Å². The van der Waals surface area contributed by atoms with Gasteiger partial charge in [0.25, 0.3) is 0 Å². The maximum absolute atomic E-state index is 6.07. The largest absolute Gasteiger partial charge is 0.379 e. The first-order valence-electron chi connectivity index (χ1n) is 7.40. The van der Waals surface area contributed by atoms with E-state index in [0.717, 1.165) is 41.0 Å². The number of benzene rings is 1. The molecule has 0 spiro atoms. The summed E-state index contributed by atoms with van der Waals surface area (Å²) >= 11 is 0. The van der Waals surface area contributed by atoms with Crippen molar-refractivity contribution in [2.24, 2.45) is 5.92 Å². The Balaban J connectivity index is 1.68. The summed E-state index contributed by atoms with van der Waals surface area (Å²) in [6.45, 7) is 2.26. The molecule has 4 rings (SSSR count). The number of hydrogen-bond acceptors (Lipinski definition) is 4. The molecule has 1 aromatic carbocycles. The van der Waals surface area contributed by atoms with Crippen molar-refractivity contribution in [2.45, 2.75) is 19.4 Å². The molecule has 0 amide bonds. The van der Waals surface area contributed by atoms with Crippen molar-refractivity contribution in [1.82, 2.24) is 14.5 Å². The van der Waals surface area contributed by atoms with Crippen LogP contribution in [0.4, 0.5) is 5.95 Å². The minimum absolute atomic E-state index is 0.526. The number of fused-ring (bicyclic) bond motifs is 3. The SMILES string of the molecule is Nc1nc2cnc3ccccc3c2n1CCOCC1CC1. The van der Waals surface area contributed by atoms with Gasteiger partial charge in [0, 0.05) is 18.5 Å². The monoisotopic (exact) mass is 282 g/mol. The zero-order chi connectivity index (χ0) is 14.2. The highest BCUT2D eigenvalue weighted by Crippen LogP contribution is 2.29. The standard InChI is InChI=1S/C16H18N4O/c17-16-19-14-9-18-13-4-2-1-3-12(13)15(14)20(16)7-8-21-10-11-5-6-11/h1-4,9,11H,5-8,10H2,(H2,17,19). The van der Waals surface area contributed by atoms with E-state index in [-0.39, 0.29) is 0 Å². The minimum Gasteiger partial charge on any atom is -0.379 e. The molecule has 0 aliphatic heterocycles. The molecular formula is C16H18N4O. The lowest BCUT2D eigenvalue weighted by atomic mass is 10.2. The summed E-state index contributed by atoms with van der Waals surface area (Å²) < 4.78 is 7.76. The van der Waals surface area contributed by atoms with Gasteiger partial charge < -0.3 is 15.0 Å². The van der Waals surface area contributed by atoms with Crippen molar-refractivity contribution >= 4 is 27.9 Å². The van der Waals surface area contributed by atoms with E-state index in [9.17, 15) is 0 Å². The summed E-state index contributed by atoms with van der Waals surface area (Å²) in [5.41, 5.74) is 8.92. The molecular weight excluding hydrogens is 264 g/mol. The van der Waals surface area contributed by atoms with E-state index in [2.05, 4.69) is 16.0 Å². The van der Waals surface area contributed by atoms with Crippen LogP contribution in [0, 0.1) is 5.92 Å². The van der Waals surface area contributed by atoms with Gasteiger partial charge in [-0.05, 0) is 24.8 Å². The Hall–Kier alpha value is -2.14. The number of hydrogen-bond donors (Lipinski definition) is 1. The van der Waals surface area contributed by atoms with Crippen LogP contribution in [0.15, 0.2) is 30.5 Å². The second kappa shape index (κ2) is 5.00. The van der Waals surface area contributed by atoms with E-state index >= 15 is 0 Å². The molecule has 2 aromatic heterocycles. The van der Waals surface area contributed by atoms with Gasteiger partial charge in [0.15, 0.2) is 0 Å². The van der Waals surface area contributed by atoms with Crippen LogP contribution in [-0.2, 0) is 11.3 Å². The fourth-order valence-electron chi connectivity index (χ4n) is 2.70. The molecule has 1 fully saturated rings. The highest BCUT2D eigenvalue weighted by atomic mass is 16.5. The molecule has 1 saturated carbocycles. The maximum Gasteiger partial charge on any atom is 0.201 e. The predicted octanol–water partition coefficient (Wildman–Crippen LogP) is 2.59. The third kappa shape index (κ3) is 2.34. The molecule has 108 valence electrons. The summed E-state index contributed by atoms with van der Waals surface area (Å²) in [6.07, 6.45) is 4.41. The Morgan fingerprint density at radius 1 is 1.24 bits per heavy atom. The van der Waals surface area contributed by atoms with Gasteiger partial charge in [0.2, 0.25) is 5.95 Å². The average Bonchev–Trinajstić information content (AvgIpc) is 3.27. The van der Waals surface area contributed by atoms with E-state index in [0.29, 0.717) is 12.6 Å². The highest BCUT2D eigenvalue weighted by Gasteiger charge is 2.21. The van der Waals surface area contributed by atoms with Crippen LogP contribution in [0.25, 0.3) is 21.9 Å². The molecule has 2 N–H and O–H groups in total. The quantitative estimate of drug-likeness (QED) is 0.730. The first-order valence-corrected chi connectivity index (χ1v) is 7.40. The van der Waals surface area contributed by atoms with Crippen LogP contribution >= 0.6 is 0 Å². The number of imidazole rings is 1. The van der Waals surface area contributed by atoms with Crippen LogP contribution < -0.4 is 5.73 Å². The van der Waals surface area contributed by atoms with E-state index in [1.54, 1.807) is 6.20 Å². The number of nitrogens with two attached hydrogens (primary N) is 1. The number of pyridine rings is 1. The molecule has 1 aliphatic carbocycles. The summed E-state index contributed by atoms with van der Waals surface area (Å²) in [6, 6.07) is 8.07. The van der Waals surface area contributed by atoms with Gasteiger partial charge in [-0.15, -0.1) is 0 Å². The van der Waals surface area contributed by atoms with Crippen LogP contribution in [0.3, 0.4) is 0 Å². The van der Waals surface area contributed by atoms with Crippen molar-refractivity contribution in [3.05, 3.63) is 30.5 Å². The molecule has 0 bridgehead atoms. The lowest BCUT2D eigenvalue weighted by molar-refractivity contribution is 0.118. The molecule has 0 saturated heterocycles. The Morgan fingerprint density at radius 3 is 2.95 bits per heavy atom. The molecule has 0 atom stereocenters. The normalized spacial score (nSPS) is 15.0. The van der Waals surface area contributed by atoms with Gasteiger partial charge in [-0.2, -0.15) is 0 Å². The molecule has 2 heterocycles. The second-order valence-electron chi connectivity index (χ2n) is 5.65. The van der Waals surface area contributed by atoms with Gasteiger partial charge in [-0.25, -0.2) is 4.98 Å². The number of rotatable bonds is 5. The van der Waals surface area contributed by atoms with Gasteiger partial charge in [0.1, 0.15) is 5.52 Å². The average molecular weight is 282 g/mol. The van der Waals surface area contributed by atoms with Gasteiger partial charge in [-0.1, -0.05) is 18.2 Å². The number of aromatic nitrogens is 3. The van der Waals surface area contributed by atoms with E-state index in [1.165, 1.54) is 12.8 Å². The molecule has 21 heavy (non-hydrogen) atoms. The third-order valence-corrected chi connectivity index (χ3v) is 4.02. The zero-order valence-corrected chi connectivity index (χ0v) is 11.8. The number of nitrogen functional groups attached to an aromatic ring is 1. The minimum atomic E-state index is 0.526. The van der Waals surface area contributed by atoms with Crippen molar-refractivity contribution in [3.63, 3.8) is 0 Å².